The van der Waals surface area contributed by atoms with E-state index >= 15 is 0 Å². The van der Waals surface area contributed by atoms with Crippen molar-refractivity contribution in [2.45, 2.75) is 0 Å². The summed E-state index contributed by atoms with van der Waals surface area (Å²) in [6.45, 7) is 0. The number of fused-ring (bicyclic) bond motifs is 3. The van der Waals surface area contributed by atoms with Gasteiger partial charge in [0.2, 0.25) is 0 Å². The maximum absolute atomic E-state index is 12.7. The Hall–Kier alpha value is -3.38. The highest BCUT2D eigenvalue weighted by Gasteiger charge is 2.29. The molecule has 1 aromatic heterocycles. The molecule has 0 bridgehead atoms. The van der Waals surface area contributed by atoms with E-state index in [1.54, 1.807) is 24.3 Å². The van der Waals surface area contributed by atoms with Crippen molar-refractivity contribution in [3.63, 3.8) is 0 Å². The van der Waals surface area contributed by atoms with Crippen LogP contribution in [0.25, 0.3) is 32.9 Å². The number of nitro benzene ring substituents is 1. The molecule has 0 saturated carbocycles. The number of para-hydroxylation sites is 1. The first kappa shape index (κ1) is 17.1. The lowest BCUT2D eigenvalue weighted by Gasteiger charge is -2.12. The number of nitro groups is 1. The molecular weight excluding hydrogens is 368 g/mol. The van der Waals surface area contributed by atoms with Gasteiger partial charge in [-0.1, -0.05) is 48.0 Å². The van der Waals surface area contributed by atoms with Crippen molar-refractivity contribution >= 4 is 45.1 Å². The van der Waals surface area contributed by atoms with Crippen LogP contribution in [0.1, 0.15) is 10.4 Å². The molecule has 0 aliphatic rings. The Morgan fingerprint density at radius 3 is 2.52 bits per heavy atom. The molecule has 6 nitrogen and oxygen atoms in total. The van der Waals surface area contributed by atoms with Crippen LogP contribution in [0.3, 0.4) is 0 Å². The van der Waals surface area contributed by atoms with Gasteiger partial charge in [0.15, 0.2) is 0 Å². The van der Waals surface area contributed by atoms with Gasteiger partial charge in [0.05, 0.1) is 28.7 Å². The maximum Gasteiger partial charge on any atom is 0.340 e. The first-order chi connectivity index (χ1) is 13.0. The number of carbonyl (C=O) groups excluding carboxylic acids is 1. The Balaban J connectivity index is 2.26. The smallest absolute Gasteiger partial charge is 0.340 e. The van der Waals surface area contributed by atoms with Crippen LogP contribution in [-0.2, 0) is 4.74 Å². The zero-order chi connectivity index (χ0) is 19.1. The molecule has 27 heavy (non-hydrogen) atoms. The Kier molecular flexibility index (Phi) is 4.05. The minimum absolute atomic E-state index is 0.0889. The standard InChI is InChI=1S/C20H13ClN2O4/c1-27-20(24)18-17(12-7-2-4-8-14(12)21)16(23(25)26)10-13-11-6-3-5-9-15(11)22-19(13)18/h2-10,22H,1H3. The highest BCUT2D eigenvalue weighted by molar-refractivity contribution is 6.34. The number of rotatable bonds is 3. The number of hydrogen-bond donors (Lipinski definition) is 1. The van der Waals surface area contributed by atoms with Crippen LogP contribution in [0.5, 0.6) is 0 Å². The van der Waals surface area contributed by atoms with Gasteiger partial charge >= 0.3 is 5.97 Å². The summed E-state index contributed by atoms with van der Waals surface area (Å²) in [7, 11) is 1.24. The number of halogens is 1. The van der Waals surface area contributed by atoms with Crippen LogP contribution in [0, 0.1) is 10.1 Å². The van der Waals surface area contributed by atoms with Crippen molar-refractivity contribution in [1.82, 2.24) is 4.98 Å². The summed E-state index contributed by atoms with van der Waals surface area (Å²) in [4.78, 5) is 27.2. The van der Waals surface area contributed by atoms with Gasteiger partial charge in [-0.25, -0.2) is 4.79 Å². The highest BCUT2D eigenvalue weighted by Crippen LogP contribution is 2.43. The number of benzene rings is 3. The predicted octanol–water partition coefficient (Wildman–Crippen LogP) is 5.34. The van der Waals surface area contributed by atoms with Gasteiger partial charge in [-0.2, -0.15) is 0 Å². The summed E-state index contributed by atoms with van der Waals surface area (Å²) >= 11 is 6.30. The molecule has 0 amide bonds. The van der Waals surface area contributed by atoms with Crippen LogP contribution in [-0.4, -0.2) is 23.0 Å². The predicted molar refractivity (Wildman–Crippen MR) is 104 cm³/mol. The Labute approximate surface area is 158 Å². The number of hydrogen-bond acceptors (Lipinski definition) is 4. The average Bonchev–Trinajstić information content (AvgIpc) is 3.04. The van der Waals surface area contributed by atoms with Crippen LogP contribution < -0.4 is 0 Å². The lowest BCUT2D eigenvalue weighted by atomic mass is 9.94. The Morgan fingerprint density at radius 1 is 1.11 bits per heavy atom. The normalized spacial score (nSPS) is 11.0. The van der Waals surface area contributed by atoms with Gasteiger partial charge in [-0.15, -0.1) is 0 Å². The van der Waals surface area contributed by atoms with Crippen molar-refractivity contribution in [2.24, 2.45) is 0 Å². The van der Waals surface area contributed by atoms with Gasteiger partial charge in [0, 0.05) is 32.9 Å². The van der Waals surface area contributed by atoms with Gasteiger partial charge in [0.25, 0.3) is 5.69 Å². The minimum atomic E-state index is -0.676. The van der Waals surface area contributed by atoms with Crippen LogP contribution in [0.4, 0.5) is 5.69 Å². The summed E-state index contributed by atoms with van der Waals surface area (Å²) in [5.74, 6) is -0.676. The van der Waals surface area contributed by atoms with Crippen molar-refractivity contribution in [3.8, 4) is 11.1 Å². The van der Waals surface area contributed by atoms with Crippen molar-refractivity contribution in [3.05, 3.63) is 75.3 Å². The average molecular weight is 381 g/mol. The molecule has 4 rings (SSSR count). The first-order valence-corrected chi connectivity index (χ1v) is 8.45. The summed E-state index contributed by atoms with van der Waals surface area (Å²) in [6, 6.07) is 15.5. The lowest BCUT2D eigenvalue weighted by Crippen LogP contribution is -2.07. The largest absolute Gasteiger partial charge is 0.465 e. The SMILES string of the molecule is COC(=O)c1c(-c2ccccc2Cl)c([N+](=O)[O-])cc2c1[nH]c1ccccc12. The van der Waals surface area contributed by atoms with Crippen molar-refractivity contribution in [1.29, 1.82) is 0 Å². The molecule has 0 aliphatic heterocycles. The fourth-order valence-corrected chi connectivity index (χ4v) is 3.59. The van der Waals surface area contributed by atoms with E-state index in [1.165, 1.54) is 13.2 Å². The summed E-state index contributed by atoms with van der Waals surface area (Å²) in [5.41, 5.74) is 1.65. The van der Waals surface area contributed by atoms with E-state index in [2.05, 4.69) is 4.98 Å². The third-order valence-electron chi connectivity index (χ3n) is 4.51. The number of carbonyl (C=O) groups is 1. The van der Waals surface area contributed by atoms with E-state index in [0.717, 1.165) is 10.9 Å². The Bertz CT molecular complexity index is 1230. The molecule has 0 saturated heterocycles. The number of aromatic amines is 1. The maximum atomic E-state index is 12.7. The highest BCUT2D eigenvalue weighted by atomic mass is 35.5. The first-order valence-electron chi connectivity index (χ1n) is 8.08. The monoisotopic (exact) mass is 380 g/mol. The Morgan fingerprint density at radius 2 is 1.81 bits per heavy atom. The topological polar surface area (TPSA) is 85.2 Å². The lowest BCUT2D eigenvalue weighted by molar-refractivity contribution is -0.384. The quantitative estimate of drug-likeness (QED) is 0.295. The molecule has 0 fully saturated rings. The fourth-order valence-electron chi connectivity index (χ4n) is 3.36. The summed E-state index contributed by atoms with van der Waals surface area (Å²) < 4.78 is 4.95. The van der Waals surface area contributed by atoms with E-state index in [1.807, 2.05) is 24.3 Å². The third-order valence-corrected chi connectivity index (χ3v) is 4.84. The zero-order valence-electron chi connectivity index (χ0n) is 14.2. The molecule has 0 aliphatic carbocycles. The molecule has 7 heteroatoms. The fraction of sp³-hybridized carbons (Fsp3) is 0.0500. The molecule has 0 unspecified atom stereocenters. The van der Waals surface area contributed by atoms with E-state index in [0.29, 0.717) is 21.5 Å². The third kappa shape index (κ3) is 2.62. The van der Waals surface area contributed by atoms with E-state index < -0.39 is 10.9 Å². The van der Waals surface area contributed by atoms with Crippen molar-refractivity contribution < 1.29 is 14.5 Å². The molecule has 1 N–H and O–H groups in total. The van der Waals surface area contributed by atoms with Crippen LogP contribution >= 0.6 is 11.6 Å². The molecule has 0 spiro atoms. The van der Waals surface area contributed by atoms with Gasteiger partial charge in [0.1, 0.15) is 0 Å². The van der Waals surface area contributed by atoms with Gasteiger partial charge in [-0.05, 0) is 12.1 Å². The van der Waals surface area contributed by atoms with Crippen molar-refractivity contribution in [2.75, 3.05) is 7.11 Å². The molecule has 1 heterocycles. The second-order valence-corrected chi connectivity index (χ2v) is 6.37. The molecular formula is C20H13ClN2O4. The number of H-pyrrole nitrogens is 1. The van der Waals surface area contributed by atoms with E-state index in [-0.39, 0.29) is 16.8 Å². The molecule has 3 aromatic carbocycles. The molecule has 0 atom stereocenters. The summed E-state index contributed by atoms with van der Waals surface area (Å²) in [6.07, 6.45) is 0. The summed E-state index contributed by atoms with van der Waals surface area (Å²) in [5, 5.41) is 13.5. The van der Waals surface area contributed by atoms with Crippen LogP contribution in [0.2, 0.25) is 5.02 Å². The number of aromatic nitrogens is 1. The zero-order valence-corrected chi connectivity index (χ0v) is 14.9. The number of nitrogens with zero attached hydrogens (tertiary/aromatic N) is 1. The molecule has 4 aromatic rings. The van der Waals surface area contributed by atoms with Gasteiger partial charge < -0.3 is 9.72 Å². The number of methoxy groups -OCH3 is 1. The number of ether oxygens (including phenoxy) is 1. The minimum Gasteiger partial charge on any atom is -0.465 e. The number of esters is 1. The van der Waals surface area contributed by atoms with Crippen LogP contribution in [0.15, 0.2) is 54.6 Å². The van der Waals surface area contributed by atoms with E-state index in [4.69, 9.17) is 16.3 Å². The van der Waals surface area contributed by atoms with E-state index in [9.17, 15) is 14.9 Å². The molecule has 134 valence electrons. The molecule has 0 radical (unpaired) electrons. The number of nitrogens with one attached hydrogen (secondary N) is 1. The van der Waals surface area contributed by atoms with Gasteiger partial charge in [-0.3, -0.25) is 10.1 Å². The second kappa shape index (κ2) is 6.41. The second-order valence-electron chi connectivity index (χ2n) is 5.97.